The van der Waals surface area contributed by atoms with E-state index in [0.717, 1.165) is 44.0 Å². The van der Waals surface area contributed by atoms with Crippen molar-refractivity contribution >= 4 is 16.9 Å². The number of H-pyrrole nitrogens is 1. The van der Waals surface area contributed by atoms with Crippen LogP contribution < -0.4 is 4.74 Å². The van der Waals surface area contributed by atoms with Gasteiger partial charge in [-0.2, -0.15) is 0 Å². The molecule has 0 aliphatic carbocycles. The predicted molar refractivity (Wildman–Crippen MR) is 127 cm³/mol. The smallest absolute Gasteiger partial charge is 0.337 e. The van der Waals surface area contributed by atoms with Gasteiger partial charge >= 0.3 is 5.97 Å². The second-order valence-corrected chi connectivity index (χ2v) is 8.29. The Bertz CT molecular complexity index is 1100. The average molecular weight is 434 g/mol. The van der Waals surface area contributed by atoms with Gasteiger partial charge in [0.2, 0.25) is 0 Å². The van der Waals surface area contributed by atoms with E-state index in [0.29, 0.717) is 5.56 Å². The van der Waals surface area contributed by atoms with Crippen LogP contribution in [0.1, 0.15) is 33.1 Å². The van der Waals surface area contributed by atoms with Gasteiger partial charge in [-0.15, -0.1) is 6.58 Å². The van der Waals surface area contributed by atoms with Gasteiger partial charge in [-0.3, -0.25) is 9.80 Å². The van der Waals surface area contributed by atoms with E-state index in [-0.39, 0.29) is 12.0 Å². The van der Waals surface area contributed by atoms with E-state index in [4.69, 9.17) is 9.47 Å². The summed E-state index contributed by atoms with van der Waals surface area (Å²) in [7, 11) is 3.14. The summed E-state index contributed by atoms with van der Waals surface area (Å²) in [5, 5.41) is 1.20. The van der Waals surface area contributed by atoms with Gasteiger partial charge in [0.25, 0.3) is 0 Å². The molecule has 1 aliphatic rings. The molecule has 0 bridgehead atoms. The molecule has 6 nitrogen and oxygen atoms in total. The summed E-state index contributed by atoms with van der Waals surface area (Å²) in [5.74, 6) is 0.604. The average Bonchev–Trinajstić information content (AvgIpc) is 3.32. The van der Waals surface area contributed by atoms with Crippen LogP contribution in [0.25, 0.3) is 10.9 Å². The van der Waals surface area contributed by atoms with Crippen molar-refractivity contribution in [1.29, 1.82) is 0 Å². The van der Waals surface area contributed by atoms with Crippen LogP contribution in [0.2, 0.25) is 0 Å². The number of benzene rings is 2. The highest BCUT2D eigenvalue weighted by Crippen LogP contribution is 2.35. The van der Waals surface area contributed by atoms with Gasteiger partial charge in [-0.05, 0) is 42.3 Å². The van der Waals surface area contributed by atoms with Gasteiger partial charge in [0.05, 0.1) is 19.8 Å². The third-order valence-corrected chi connectivity index (χ3v) is 6.37. The second-order valence-electron chi connectivity index (χ2n) is 8.29. The highest BCUT2D eigenvalue weighted by molar-refractivity contribution is 5.89. The quantitative estimate of drug-likeness (QED) is 0.444. The van der Waals surface area contributed by atoms with Crippen molar-refractivity contribution < 1.29 is 14.3 Å². The summed E-state index contributed by atoms with van der Waals surface area (Å²) in [6.07, 6.45) is 3.95. The molecule has 0 radical (unpaired) electrons. The first-order valence-corrected chi connectivity index (χ1v) is 10.9. The number of methoxy groups -OCH3 is 2. The third kappa shape index (κ3) is 4.29. The van der Waals surface area contributed by atoms with Crippen molar-refractivity contribution in [3.63, 3.8) is 0 Å². The fourth-order valence-electron chi connectivity index (χ4n) is 4.67. The first kappa shape index (κ1) is 22.1. The molecule has 32 heavy (non-hydrogen) atoms. The van der Waals surface area contributed by atoms with Crippen molar-refractivity contribution in [2.24, 2.45) is 0 Å². The van der Waals surface area contributed by atoms with Crippen molar-refractivity contribution in [1.82, 2.24) is 14.8 Å². The number of rotatable bonds is 7. The number of carbonyl (C=O) groups is 1. The van der Waals surface area contributed by atoms with Crippen LogP contribution in [0.5, 0.6) is 5.75 Å². The van der Waals surface area contributed by atoms with Gasteiger partial charge < -0.3 is 14.5 Å². The third-order valence-electron chi connectivity index (χ3n) is 6.37. The lowest BCUT2D eigenvalue weighted by molar-refractivity contribution is 0.0600. The Balaban J connectivity index is 1.68. The number of nitrogens with zero attached hydrogens (tertiary/aromatic N) is 2. The van der Waals surface area contributed by atoms with E-state index in [9.17, 15) is 4.79 Å². The van der Waals surface area contributed by atoms with E-state index in [2.05, 4.69) is 40.4 Å². The van der Waals surface area contributed by atoms with E-state index in [1.165, 1.54) is 29.2 Å². The fraction of sp³-hybridized carbons (Fsp3) is 0.346. The summed E-state index contributed by atoms with van der Waals surface area (Å²) in [4.78, 5) is 20.2. The Kier molecular flexibility index (Phi) is 6.63. The van der Waals surface area contributed by atoms with Gasteiger partial charge in [0.15, 0.2) is 0 Å². The zero-order valence-corrected chi connectivity index (χ0v) is 19.1. The Morgan fingerprint density at radius 1 is 1.22 bits per heavy atom. The Hall–Kier alpha value is -3.09. The van der Waals surface area contributed by atoms with Crippen LogP contribution in [0.15, 0.2) is 55.3 Å². The molecule has 0 saturated carbocycles. The maximum absolute atomic E-state index is 11.9. The first-order valence-electron chi connectivity index (χ1n) is 10.9. The highest BCUT2D eigenvalue weighted by Gasteiger charge is 2.29. The lowest BCUT2D eigenvalue weighted by Crippen LogP contribution is -2.48. The van der Waals surface area contributed by atoms with Crippen LogP contribution >= 0.6 is 0 Å². The molecular weight excluding hydrogens is 402 g/mol. The zero-order valence-electron chi connectivity index (χ0n) is 19.1. The number of ether oxygens (including phenoxy) is 2. The van der Waals surface area contributed by atoms with Crippen molar-refractivity contribution in [3.05, 3.63) is 77.5 Å². The topological polar surface area (TPSA) is 57.8 Å². The molecular formula is C26H31N3O3. The molecule has 6 heteroatoms. The fourth-order valence-corrected chi connectivity index (χ4v) is 4.67. The van der Waals surface area contributed by atoms with Crippen molar-refractivity contribution in [2.45, 2.75) is 19.5 Å². The minimum Gasteiger partial charge on any atom is -0.496 e. The number of piperazine rings is 1. The maximum atomic E-state index is 11.9. The molecule has 0 amide bonds. The number of aromatic amines is 1. The molecule has 0 spiro atoms. The normalized spacial score (nSPS) is 17.4. The molecule has 4 rings (SSSR count). The molecule has 168 valence electrons. The van der Waals surface area contributed by atoms with Crippen LogP contribution in [-0.2, 0) is 11.3 Å². The number of aromatic nitrogens is 1. The zero-order chi connectivity index (χ0) is 22.7. The lowest BCUT2D eigenvalue weighted by atomic mass is 9.98. The Morgan fingerprint density at radius 2 is 2.00 bits per heavy atom. The van der Waals surface area contributed by atoms with Gasteiger partial charge in [-0.1, -0.05) is 18.2 Å². The van der Waals surface area contributed by atoms with Crippen molar-refractivity contribution in [3.8, 4) is 5.75 Å². The first-order chi connectivity index (χ1) is 15.5. The maximum Gasteiger partial charge on any atom is 0.337 e. The van der Waals surface area contributed by atoms with Crippen LogP contribution in [-0.4, -0.2) is 61.2 Å². The van der Waals surface area contributed by atoms with Gasteiger partial charge in [-0.25, -0.2) is 4.79 Å². The highest BCUT2D eigenvalue weighted by atomic mass is 16.5. The van der Waals surface area contributed by atoms with Crippen LogP contribution in [0.4, 0.5) is 0 Å². The standard InChI is InChI=1S/C26H31N3O3/c1-5-12-28-13-14-29(23(17-28)19-6-8-20(9-7-19)26(30)32-4)16-22-21-10-11-27-25(21)18(2)15-24(22)31-3/h5-11,15,23,27H,1,12-14,16-17H2,2-4H3. The number of nitrogens with one attached hydrogen (secondary N) is 1. The molecule has 1 unspecified atom stereocenters. The number of hydrogen-bond donors (Lipinski definition) is 1. The molecule has 2 aromatic carbocycles. The van der Waals surface area contributed by atoms with Crippen LogP contribution in [0.3, 0.4) is 0 Å². The monoisotopic (exact) mass is 433 g/mol. The Labute approximate surface area is 189 Å². The molecule has 1 fully saturated rings. The SMILES string of the molecule is C=CCN1CCN(Cc2c(OC)cc(C)c3[nH]ccc23)C(c2ccc(C(=O)OC)cc2)C1. The summed E-state index contributed by atoms with van der Waals surface area (Å²) >= 11 is 0. The molecule has 1 atom stereocenters. The van der Waals surface area contributed by atoms with E-state index in [1.807, 2.05) is 36.5 Å². The number of carbonyl (C=O) groups excluding carboxylic acids is 1. The molecule has 1 N–H and O–H groups in total. The molecule has 1 saturated heterocycles. The molecule has 1 aromatic heterocycles. The minimum atomic E-state index is -0.315. The molecule has 2 heterocycles. The Morgan fingerprint density at radius 3 is 2.69 bits per heavy atom. The van der Waals surface area contributed by atoms with Gasteiger partial charge in [0, 0.05) is 61.4 Å². The summed E-state index contributed by atoms with van der Waals surface area (Å²) in [6, 6.07) is 12.2. The van der Waals surface area contributed by atoms with Crippen molar-refractivity contribution in [2.75, 3.05) is 40.4 Å². The molecule has 3 aromatic rings. The van der Waals surface area contributed by atoms with E-state index in [1.54, 1.807) is 7.11 Å². The van der Waals surface area contributed by atoms with E-state index >= 15 is 0 Å². The number of fused-ring (bicyclic) bond motifs is 1. The summed E-state index contributed by atoms with van der Waals surface area (Å²) in [5.41, 5.74) is 5.28. The largest absolute Gasteiger partial charge is 0.496 e. The summed E-state index contributed by atoms with van der Waals surface area (Å²) < 4.78 is 10.6. The van der Waals surface area contributed by atoms with Gasteiger partial charge in [0.1, 0.15) is 5.75 Å². The number of aryl methyl sites for hydroxylation is 1. The lowest BCUT2D eigenvalue weighted by Gasteiger charge is -2.41. The minimum absolute atomic E-state index is 0.190. The predicted octanol–water partition coefficient (Wildman–Crippen LogP) is 4.32. The van der Waals surface area contributed by atoms with Crippen LogP contribution in [0, 0.1) is 6.92 Å². The second kappa shape index (κ2) is 9.59. The number of esters is 1. The number of hydrogen-bond acceptors (Lipinski definition) is 5. The summed E-state index contributed by atoms with van der Waals surface area (Å²) in [6.45, 7) is 10.5. The van der Waals surface area contributed by atoms with E-state index < -0.39 is 0 Å². The molecule has 1 aliphatic heterocycles.